The van der Waals surface area contributed by atoms with Gasteiger partial charge in [-0.15, -0.1) is 0 Å². The number of ether oxygens (including phenoxy) is 1. The van der Waals surface area contributed by atoms with Crippen LogP contribution in [0.25, 0.3) is 0 Å². The molecule has 2 aromatic carbocycles. The van der Waals surface area contributed by atoms with E-state index >= 15 is 0 Å². The number of nitrogens with zero attached hydrogens (tertiary/aromatic N) is 1. The van der Waals surface area contributed by atoms with Crippen molar-refractivity contribution < 1.29 is 17.9 Å². The Bertz CT molecular complexity index is 687. The van der Waals surface area contributed by atoms with E-state index in [9.17, 15) is 13.2 Å². The van der Waals surface area contributed by atoms with Gasteiger partial charge in [0.05, 0.1) is 11.1 Å². The van der Waals surface area contributed by atoms with Crippen molar-refractivity contribution in [3.05, 3.63) is 59.2 Å². The van der Waals surface area contributed by atoms with E-state index in [2.05, 4.69) is 0 Å². The number of nitriles is 1. The van der Waals surface area contributed by atoms with Gasteiger partial charge in [-0.25, -0.2) is 0 Å². The first-order valence-electron chi connectivity index (χ1n) is 6.32. The minimum Gasteiger partial charge on any atom is -0.456 e. The summed E-state index contributed by atoms with van der Waals surface area (Å²) in [6.45, 7) is 1.94. The molecule has 0 aromatic heterocycles. The average Bonchev–Trinajstić information content (AvgIpc) is 2.47. The Kier molecular flexibility index (Phi) is 4.18. The highest BCUT2D eigenvalue weighted by molar-refractivity contribution is 5.49. The van der Waals surface area contributed by atoms with Crippen molar-refractivity contribution in [2.75, 3.05) is 0 Å². The molecular formula is C16H12F3NO. The molecule has 108 valence electrons. The fraction of sp³-hybridized carbons (Fsp3) is 0.188. The smallest absolute Gasteiger partial charge is 0.416 e. The molecule has 0 radical (unpaired) electrons. The van der Waals surface area contributed by atoms with Gasteiger partial charge in [-0.05, 0) is 36.2 Å². The lowest BCUT2D eigenvalue weighted by Crippen LogP contribution is -2.05. The van der Waals surface area contributed by atoms with Crippen molar-refractivity contribution in [1.82, 2.24) is 0 Å². The molecule has 0 aliphatic heterocycles. The molecule has 0 aliphatic carbocycles. The molecule has 0 saturated carbocycles. The predicted molar refractivity (Wildman–Crippen MR) is 72.1 cm³/mol. The summed E-state index contributed by atoms with van der Waals surface area (Å²) in [6, 6.07) is 11.8. The summed E-state index contributed by atoms with van der Waals surface area (Å²) in [6.07, 6.45) is -3.76. The first-order chi connectivity index (χ1) is 9.95. The monoisotopic (exact) mass is 291 g/mol. The summed E-state index contributed by atoms with van der Waals surface area (Å²) >= 11 is 0. The summed E-state index contributed by atoms with van der Waals surface area (Å²) in [7, 11) is 0. The van der Waals surface area contributed by atoms with Crippen molar-refractivity contribution in [3.63, 3.8) is 0 Å². The molecule has 0 amide bonds. The molecule has 2 rings (SSSR count). The van der Waals surface area contributed by atoms with E-state index in [0.29, 0.717) is 5.75 Å². The summed E-state index contributed by atoms with van der Waals surface area (Å²) in [5.41, 5.74) is -0.0906. The lowest BCUT2D eigenvalue weighted by molar-refractivity contribution is -0.137. The number of hydrogen-bond donors (Lipinski definition) is 0. The molecule has 0 unspecified atom stereocenters. The largest absolute Gasteiger partial charge is 0.456 e. The van der Waals surface area contributed by atoms with Crippen LogP contribution in [0.4, 0.5) is 13.2 Å². The number of benzene rings is 2. The molecule has 0 spiro atoms. The summed E-state index contributed by atoms with van der Waals surface area (Å²) in [5, 5.41) is 9.02. The molecule has 2 aromatic rings. The standard InChI is InChI=1S/C16H12F3NO/c1-2-11-5-3-4-6-14(11)21-15-8-7-13(16(17,18)19)9-12(15)10-20/h3-9H,2H2,1H3. The second-order valence-corrected chi connectivity index (χ2v) is 4.38. The fourth-order valence-corrected chi connectivity index (χ4v) is 1.90. The van der Waals surface area contributed by atoms with E-state index in [-0.39, 0.29) is 11.3 Å². The first kappa shape index (κ1) is 14.9. The number of hydrogen-bond acceptors (Lipinski definition) is 2. The third kappa shape index (κ3) is 3.34. The molecule has 2 nitrogen and oxygen atoms in total. The van der Waals surface area contributed by atoms with Crippen LogP contribution in [0.3, 0.4) is 0 Å². The van der Waals surface area contributed by atoms with Gasteiger partial charge in [0.25, 0.3) is 0 Å². The topological polar surface area (TPSA) is 33.0 Å². The van der Waals surface area contributed by atoms with Crippen LogP contribution in [-0.4, -0.2) is 0 Å². The molecule has 0 heterocycles. The normalized spacial score (nSPS) is 11.0. The van der Waals surface area contributed by atoms with Gasteiger partial charge in [-0.2, -0.15) is 18.4 Å². The van der Waals surface area contributed by atoms with Gasteiger partial charge in [-0.1, -0.05) is 25.1 Å². The van der Waals surface area contributed by atoms with E-state index in [1.807, 2.05) is 19.1 Å². The first-order valence-corrected chi connectivity index (χ1v) is 6.32. The zero-order chi connectivity index (χ0) is 15.5. The van der Waals surface area contributed by atoms with Crippen molar-refractivity contribution in [2.45, 2.75) is 19.5 Å². The summed E-state index contributed by atoms with van der Waals surface area (Å²) < 4.78 is 43.5. The Morgan fingerprint density at radius 2 is 1.81 bits per heavy atom. The molecular weight excluding hydrogens is 279 g/mol. The lowest BCUT2D eigenvalue weighted by Gasteiger charge is -2.13. The molecule has 0 atom stereocenters. The minimum atomic E-state index is -4.48. The fourth-order valence-electron chi connectivity index (χ4n) is 1.90. The van der Waals surface area contributed by atoms with Crippen LogP contribution in [-0.2, 0) is 12.6 Å². The minimum absolute atomic E-state index is 0.117. The Morgan fingerprint density at radius 1 is 1.10 bits per heavy atom. The van der Waals surface area contributed by atoms with Crippen LogP contribution in [0.5, 0.6) is 11.5 Å². The molecule has 0 bridgehead atoms. The lowest BCUT2D eigenvalue weighted by atomic mass is 10.1. The van der Waals surface area contributed by atoms with Crippen molar-refractivity contribution in [1.29, 1.82) is 5.26 Å². The summed E-state index contributed by atoms with van der Waals surface area (Å²) in [4.78, 5) is 0. The average molecular weight is 291 g/mol. The van der Waals surface area contributed by atoms with Crippen LogP contribution in [0.1, 0.15) is 23.6 Å². The molecule has 0 fully saturated rings. The quantitative estimate of drug-likeness (QED) is 0.803. The Morgan fingerprint density at radius 3 is 2.43 bits per heavy atom. The Hall–Kier alpha value is -2.48. The molecule has 0 saturated heterocycles. The van der Waals surface area contributed by atoms with Crippen LogP contribution in [0, 0.1) is 11.3 Å². The van der Waals surface area contributed by atoms with E-state index in [0.717, 1.165) is 24.1 Å². The van der Waals surface area contributed by atoms with Crippen molar-refractivity contribution in [3.8, 4) is 17.6 Å². The van der Waals surface area contributed by atoms with Gasteiger partial charge in [0.15, 0.2) is 0 Å². The number of aryl methyl sites for hydroxylation is 1. The van der Waals surface area contributed by atoms with Crippen LogP contribution >= 0.6 is 0 Å². The summed E-state index contributed by atoms with van der Waals surface area (Å²) in [5.74, 6) is 0.655. The van der Waals surface area contributed by atoms with Crippen LogP contribution < -0.4 is 4.74 Å². The van der Waals surface area contributed by atoms with Crippen LogP contribution in [0.15, 0.2) is 42.5 Å². The number of halogens is 3. The molecule has 21 heavy (non-hydrogen) atoms. The van der Waals surface area contributed by atoms with E-state index in [4.69, 9.17) is 10.00 Å². The molecule has 5 heteroatoms. The second kappa shape index (κ2) is 5.88. The third-order valence-electron chi connectivity index (χ3n) is 3.00. The maximum absolute atomic E-state index is 12.6. The second-order valence-electron chi connectivity index (χ2n) is 4.38. The highest BCUT2D eigenvalue weighted by Crippen LogP contribution is 2.34. The van der Waals surface area contributed by atoms with E-state index in [1.165, 1.54) is 6.07 Å². The predicted octanol–water partition coefficient (Wildman–Crippen LogP) is 4.93. The number of para-hydroxylation sites is 1. The van der Waals surface area contributed by atoms with E-state index in [1.54, 1.807) is 18.2 Å². The number of rotatable bonds is 3. The van der Waals surface area contributed by atoms with Gasteiger partial charge in [0, 0.05) is 0 Å². The Balaban J connectivity index is 2.39. The highest BCUT2D eigenvalue weighted by Gasteiger charge is 2.31. The van der Waals surface area contributed by atoms with Gasteiger partial charge in [0.1, 0.15) is 17.6 Å². The van der Waals surface area contributed by atoms with Gasteiger partial charge >= 0.3 is 6.18 Å². The van der Waals surface area contributed by atoms with Gasteiger partial charge in [0.2, 0.25) is 0 Å². The molecule has 0 aliphatic rings. The third-order valence-corrected chi connectivity index (χ3v) is 3.00. The van der Waals surface area contributed by atoms with Gasteiger partial charge < -0.3 is 4.74 Å². The maximum atomic E-state index is 12.6. The van der Waals surface area contributed by atoms with Crippen molar-refractivity contribution >= 4 is 0 Å². The van der Waals surface area contributed by atoms with Gasteiger partial charge in [-0.3, -0.25) is 0 Å². The SMILES string of the molecule is CCc1ccccc1Oc1ccc(C(F)(F)F)cc1C#N. The van der Waals surface area contributed by atoms with E-state index < -0.39 is 11.7 Å². The Labute approximate surface area is 120 Å². The van der Waals surface area contributed by atoms with Crippen LogP contribution in [0.2, 0.25) is 0 Å². The maximum Gasteiger partial charge on any atom is 0.416 e. The highest BCUT2D eigenvalue weighted by atomic mass is 19.4. The molecule has 0 N–H and O–H groups in total. The van der Waals surface area contributed by atoms with Crippen molar-refractivity contribution in [2.24, 2.45) is 0 Å². The zero-order valence-electron chi connectivity index (χ0n) is 11.2. The zero-order valence-corrected chi connectivity index (χ0v) is 11.2. The number of alkyl halides is 3.